The Morgan fingerprint density at radius 1 is 1.20 bits per heavy atom. The average molecular weight is 231 g/mol. The van der Waals surface area contributed by atoms with Crippen LogP contribution in [0.1, 0.15) is 47.5 Å². The highest BCUT2D eigenvalue weighted by Crippen LogP contribution is 2.26. The second-order valence-electron chi connectivity index (χ2n) is 5.91. The second kappa shape index (κ2) is 5.78. The number of rotatable bonds is 5. The third-order valence-corrected chi connectivity index (χ3v) is 2.60. The van der Waals surface area contributed by atoms with Crippen LogP contribution in [-0.2, 0) is 4.79 Å². The van der Waals surface area contributed by atoms with Gasteiger partial charge in [0.2, 0.25) is 5.91 Å². The Kier molecular flexibility index (Phi) is 5.71. The Morgan fingerprint density at radius 3 is 2.13 bits per heavy atom. The van der Waals surface area contributed by atoms with Crippen LogP contribution < -0.4 is 5.32 Å². The van der Waals surface area contributed by atoms with E-state index in [9.17, 15) is 4.79 Å². The summed E-state index contributed by atoms with van der Waals surface area (Å²) < 4.78 is 0. The first kappa shape index (κ1) is 14.8. The molecule has 0 spiro atoms. The van der Waals surface area contributed by atoms with Gasteiger partial charge in [-0.2, -0.15) is 11.8 Å². The summed E-state index contributed by atoms with van der Waals surface area (Å²) in [5.74, 6) is 1.07. The molecule has 0 heterocycles. The third kappa shape index (κ3) is 8.79. The third-order valence-electron chi connectivity index (χ3n) is 1.98. The maximum atomic E-state index is 11.6. The van der Waals surface area contributed by atoms with E-state index in [1.54, 1.807) is 11.8 Å². The predicted octanol–water partition coefficient (Wildman–Crippen LogP) is 3.07. The molecule has 0 unspecified atom stereocenters. The van der Waals surface area contributed by atoms with Crippen molar-refractivity contribution in [3.63, 3.8) is 0 Å². The van der Waals surface area contributed by atoms with Gasteiger partial charge in [0.15, 0.2) is 0 Å². The average Bonchev–Trinajstić information content (AvgIpc) is 1.94. The topological polar surface area (TPSA) is 29.1 Å². The van der Waals surface area contributed by atoms with Gasteiger partial charge < -0.3 is 5.32 Å². The number of thioether (sulfide) groups is 1. The fourth-order valence-corrected chi connectivity index (χ4v) is 2.39. The molecular formula is C12H25NOS. The van der Waals surface area contributed by atoms with E-state index in [1.165, 1.54) is 0 Å². The fourth-order valence-electron chi connectivity index (χ4n) is 2.00. The smallest absolute Gasteiger partial charge is 0.221 e. The van der Waals surface area contributed by atoms with Gasteiger partial charge in [0, 0.05) is 17.7 Å². The van der Waals surface area contributed by atoms with Gasteiger partial charge in [-0.3, -0.25) is 4.79 Å². The van der Waals surface area contributed by atoms with Crippen LogP contribution in [0.15, 0.2) is 0 Å². The minimum absolute atomic E-state index is 0.103. The first-order valence-electron chi connectivity index (χ1n) is 5.46. The van der Waals surface area contributed by atoms with Gasteiger partial charge >= 0.3 is 0 Å². The summed E-state index contributed by atoms with van der Waals surface area (Å²) in [6, 6.07) is 0. The van der Waals surface area contributed by atoms with Crippen molar-refractivity contribution in [1.82, 2.24) is 5.32 Å². The molecule has 1 N–H and O–H groups in total. The lowest BCUT2D eigenvalue weighted by Crippen LogP contribution is -2.45. The maximum absolute atomic E-state index is 11.6. The largest absolute Gasteiger partial charge is 0.351 e. The molecule has 0 fully saturated rings. The van der Waals surface area contributed by atoms with Crippen molar-refractivity contribution in [1.29, 1.82) is 0 Å². The lowest BCUT2D eigenvalue weighted by Gasteiger charge is -2.33. The molecule has 0 aliphatic carbocycles. The van der Waals surface area contributed by atoms with Crippen molar-refractivity contribution >= 4 is 17.7 Å². The van der Waals surface area contributed by atoms with Crippen molar-refractivity contribution < 1.29 is 4.79 Å². The summed E-state index contributed by atoms with van der Waals surface area (Å²) in [6.07, 6.45) is 3.63. The van der Waals surface area contributed by atoms with Crippen molar-refractivity contribution in [2.75, 3.05) is 12.0 Å². The molecule has 0 atom stereocenters. The zero-order chi connectivity index (χ0) is 12.1. The minimum Gasteiger partial charge on any atom is -0.351 e. The maximum Gasteiger partial charge on any atom is 0.221 e. The summed E-state index contributed by atoms with van der Waals surface area (Å²) in [6.45, 7) is 10.8. The van der Waals surface area contributed by atoms with E-state index in [1.807, 2.05) is 6.26 Å². The van der Waals surface area contributed by atoms with E-state index in [4.69, 9.17) is 0 Å². The SMILES string of the molecule is CSCCC(=O)NC(C)(C)CC(C)(C)C. The van der Waals surface area contributed by atoms with E-state index in [-0.39, 0.29) is 16.9 Å². The van der Waals surface area contributed by atoms with E-state index < -0.39 is 0 Å². The predicted molar refractivity (Wildman–Crippen MR) is 69.3 cm³/mol. The number of amides is 1. The lowest BCUT2D eigenvalue weighted by atomic mass is 9.82. The molecule has 0 rings (SSSR count). The van der Waals surface area contributed by atoms with Gasteiger partial charge in [-0.15, -0.1) is 0 Å². The molecule has 0 aromatic heterocycles. The van der Waals surface area contributed by atoms with Crippen molar-refractivity contribution in [3.8, 4) is 0 Å². The highest BCUT2D eigenvalue weighted by Gasteiger charge is 2.26. The Hall–Kier alpha value is -0.180. The van der Waals surface area contributed by atoms with E-state index in [0.29, 0.717) is 6.42 Å². The molecule has 0 saturated heterocycles. The van der Waals surface area contributed by atoms with Crippen LogP contribution in [0.4, 0.5) is 0 Å². The van der Waals surface area contributed by atoms with Gasteiger partial charge in [-0.1, -0.05) is 20.8 Å². The molecule has 90 valence electrons. The monoisotopic (exact) mass is 231 g/mol. The number of carbonyl (C=O) groups is 1. The molecule has 0 aromatic rings. The first-order valence-corrected chi connectivity index (χ1v) is 6.86. The van der Waals surface area contributed by atoms with E-state index in [0.717, 1.165) is 12.2 Å². The van der Waals surface area contributed by atoms with Gasteiger partial charge in [0.25, 0.3) is 0 Å². The Labute approximate surface area is 98.6 Å². The van der Waals surface area contributed by atoms with Gasteiger partial charge in [0.05, 0.1) is 0 Å². The summed E-state index contributed by atoms with van der Waals surface area (Å²) >= 11 is 1.71. The van der Waals surface area contributed by atoms with Gasteiger partial charge in [-0.25, -0.2) is 0 Å². The van der Waals surface area contributed by atoms with Gasteiger partial charge in [0.1, 0.15) is 0 Å². The molecule has 15 heavy (non-hydrogen) atoms. The molecule has 2 nitrogen and oxygen atoms in total. The van der Waals surface area contributed by atoms with E-state index in [2.05, 4.69) is 39.9 Å². The fraction of sp³-hybridized carbons (Fsp3) is 0.917. The quantitative estimate of drug-likeness (QED) is 0.788. The zero-order valence-corrected chi connectivity index (χ0v) is 11.8. The van der Waals surface area contributed by atoms with Crippen molar-refractivity contribution in [3.05, 3.63) is 0 Å². The van der Waals surface area contributed by atoms with Crippen molar-refractivity contribution in [2.24, 2.45) is 5.41 Å². The highest BCUT2D eigenvalue weighted by molar-refractivity contribution is 7.98. The molecule has 0 aliphatic heterocycles. The van der Waals surface area contributed by atoms with Crippen LogP contribution in [0.25, 0.3) is 0 Å². The van der Waals surface area contributed by atoms with Crippen LogP contribution in [0.3, 0.4) is 0 Å². The Morgan fingerprint density at radius 2 is 1.73 bits per heavy atom. The van der Waals surface area contributed by atoms with Crippen LogP contribution >= 0.6 is 11.8 Å². The number of nitrogens with one attached hydrogen (secondary N) is 1. The molecule has 3 heteroatoms. The first-order chi connectivity index (χ1) is 6.66. The standard InChI is InChI=1S/C12H25NOS/c1-11(2,3)9-12(4,5)13-10(14)7-8-15-6/h7-9H2,1-6H3,(H,13,14). The summed E-state index contributed by atoms with van der Waals surface area (Å²) in [5, 5.41) is 3.10. The van der Waals surface area contributed by atoms with Crippen LogP contribution in [0.2, 0.25) is 0 Å². The summed E-state index contributed by atoms with van der Waals surface area (Å²) in [5.41, 5.74) is 0.143. The molecule has 0 saturated carbocycles. The second-order valence-corrected chi connectivity index (χ2v) is 6.90. The molecular weight excluding hydrogens is 206 g/mol. The van der Waals surface area contributed by atoms with Crippen LogP contribution in [0, 0.1) is 5.41 Å². The molecule has 1 amide bonds. The van der Waals surface area contributed by atoms with Crippen LogP contribution in [0.5, 0.6) is 0 Å². The van der Waals surface area contributed by atoms with Crippen LogP contribution in [-0.4, -0.2) is 23.5 Å². The molecule has 0 bridgehead atoms. The van der Waals surface area contributed by atoms with Gasteiger partial charge in [-0.05, 0) is 31.9 Å². The summed E-state index contributed by atoms with van der Waals surface area (Å²) in [4.78, 5) is 11.6. The normalized spacial score (nSPS) is 12.7. The number of hydrogen-bond acceptors (Lipinski definition) is 2. The minimum atomic E-state index is -0.103. The zero-order valence-electron chi connectivity index (χ0n) is 10.9. The molecule has 0 aliphatic rings. The summed E-state index contributed by atoms with van der Waals surface area (Å²) in [7, 11) is 0. The lowest BCUT2D eigenvalue weighted by molar-refractivity contribution is -0.122. The molecule has 0 radical (unpaired) electrons. The van der Waals surface area contributed by atoms with E-state index >= 15 is 0 Å². The highest BCUT2D eigenvalue weighted by atomic mass is 32.2. The Bertz CT molecular complexity index is 206. The number of hydrogen-bond donors (Lipinski definition) is 1. The molecule has 0 aromatic carbocycles. The Balaban J connectivity index is 4.07. The van der Waals surface area contributed by atoms with Crippen molar-refractivity contribution in [2.45, 2.75) is 53.0 Å². The number of carbonyl (C=O) groups excluding carboxylic acids is 1.